The smallest absolute Gasteiger partial charge is 1.00 e. The summed E-state index contributed by atoms with van der Waals surface area (Å²) < 4.78 is 0. The van der Waals surface area contributed by atoms with Gasteiger partial charge < -0.3 is 37.2 Å². The first kappa shape index (κ1) is 20.9. The first-order chi connectivity index (χ1) is 6.93. The van der Waals surface area contributed by atoms with Crippen molar-refractivity contribution in [1.82, 2.24) is 0 Å². The molecule has 0 bridgehead atoms. The molecule has 3 rings (SSSR count). The number of hydrogen-bond donors (Lipinski definition) is 0. The summed E-state index contributed by atoms with van der Waals surface area (Å²) in [6.45, 7) is 0. The molecular formula is C12H8AlCl3S2. The molecule has 0 radical (unpaired) electrons. The van der Waals surface area contributed by atoms with E-state index in [0.717, 1.165) is 0 Å². The van der Waals surface area contributed by atoms with Gasteiger partial charge in [0.25, 0.3) is 0 Å². The Hall–Kier alpha value is 0.542. The zero-order chi connectivity index (χ0) is 9.38. The van der Waals surface area contributed by atoms with Crippen molar-refractivity contribution in [2.45, 2.75) is 19.6 Å². The molecule has 0 aromatic heterocycles. The van der Waals surface area contributed by atoms with Crippen molar-refractivity contribution >= 4 is 40.9 Å². The second kappa shape index (κ2) is 9.45. The molecule has 0 fully saturated rings. The molecule has 0 unspecified atom stereocenters. The van der Waals surface area contributed by atoms with Crippen LogP contribution in [0.2, 0.25) is 0 Å². The molecule has 1 heterocycles. The number of halogens is 3. The van der Waals surface area contributed by atoms with Crippen LogP contribution in [0.3, 0.4) is 0 Å². The van der Waals surface area contributed by atoms with E-state index in [1.807, 2.05) is 23.5 Å². The molecule has 0 amide bonds. The molecule has 92 valence electrons. The molecule has 0 atom stereocenters. The van der Waals surface area contributed by atoms with Crippen LogP contribution >= 0.6 is 23.5 Å². The molecule has 0 saturated heterocycles. The average molecular weight is 350 g/mol. The Morgan fingerprint density at radius 1 is 0.500 bits per heavy atom. The van der Waals surface area contributed by atoms with Crippen molar-refractivity contribution < 1.29 is 37.2 Å². The Balaban J connectivity index is 0. The molecule has 2 aromatic carbocycles. The second-order valence-corrected chi connectivity index (χ2v) is 5.27. The van der Waals surface area contributed by atoms with E-state index in [4.69, 9.17) is 0 Å². The number of benzene rings is 2. The van der Waals surface area contributed by atoms with Gasteiger partial charge >= 0.3 is 17.4 Å². The Kier molecular flexibility index (Phi) is 10.9. The SMILES string of the molecule is [Al+3].[Cl-].[Cl-].[Cl-].c1ccc2c(c1)Sc1ccccc1S2. The van der Waals surface area contributed by atoms with Gasteiger partial charge in [-0.15, -0.1) is 0 Å². The topological polar surface area (TPSA) is 0 Å². The fourth-order valence-electron chi connectivity index (χ4n) is 1.47. The Bertz CT molecular complexity index is 407. The largest absolute Gasteiger partial charge is 3.00 e. The van der Waals surface area contributed by atoms with Crippen LogP contribution < -0.4 is 37.2 Å². The summed E-state index contributed by atoms with van der Waals surface area (Å²) in [5.41, 5.74) is 0. The third-order valence-electron chi connectivity index (χ3n) is 2.14. The van der Waals surface area contributed by atoms with Gasteiger partial charge in [-0.05, 0) is 24.3 Å². The Morgan fingerprint density at radius 3 is 0.944 bits per heavy atom. The van der Waals surface area contributed by atoms with E-state index in [9.17, 15) is 0 Å². The predicted molar refractivity (Wildman–Crippen MR) is 66.9 cm³/mol. The van der Waals surface area contributed by atoms with E-state index < -0.39 is 0 Å². The second-order valence-electron chi connectivity index (χ2n) is 3.10. The van der Waals surface area contributed by atoms with Crippen LogP contribution in [-0.2, 0) is 0 Å². The van der Waals surface area contributed by atoms with Gasteiger partial charge in [0.15, 0.2) is 0 Å². The number of rotatable bonds is 0. The summed E-state index contributed by atoms with van der Waals surface area (Å²) in [6, 6.07) is 17.1. The van der Waals surface area contributed by atoms with Crippen molar-refractivity contribution in [3.63, 3.8) is 0 Å². The average Bonchev–Trinajstić information content (AvgIpc) is 2.26. The summed E-state index contributed by atoms with van der Waals surface area (Å²) in [5, 5.41) is 0. The van der Waals surface area contributed by atoms with Gasteiger partial charge in [0.2, 0.25) is 0 Å². The zero-order valence-electron chi connectivity index (χ0n) is 9.15. The van der Waals surface area contributed by atoms with Gasteiger partial charge in [0.05, 0.1) is 0 Å². The monoisotopic (exact) mass is 348 g/mol. The van der Waals surface area contributed by atoms with Crippen molar-refractivity contribution in [2.75, 3.05) is 0 Å². The standard InChI is InChI=1S/C12H8S2.Al.3ClH/c1-2-6-10-9(5-1)13-11-7-3-4-8-12(11)14-10;;;;/h1-8H;;3*1H/q;+3;;;/p-3. The molecular weight excluding hydrogens is 342 g/mol. The van der Waals surface area contributed by atoms with E-state index in [-0.39, 0.29) is 54.6 Å². The first-order valence-electron chi connectivity index (χ1n) is 4.47. The minimum absolute atomic E-state index is 0. The molecule has 2 aromatic rings. The maximum absolute atomic E-state index is 2.18. The van der Waals surface area contributed by atoms with Crippen LogP contribution in [0.15, 0.2) is 68.1 Å². The minimum Gasteiger partial charge on any atom is -1.00 e. The molecule has 0 spiro atoms. The fraction of sp³-hybridized carbons (Fsp3) is 0. The summed E-state index contributed by atoms with van der Waals surface area (Å²) in [6.07, 6.45) is 0. The van der Waals surface area contributed by atoms with Crippen LogP contribution in [0.1, 0.15) is 0 Å². The summed E-state index contributed by atoms with van der Waals surface area (Å²) in [4.78, 5) is 5.49. The maximum Gasteiger partial charge on any atom is 3.00 e. The predicted octanol–water partition coefficient (Wildman–Crippen LogP) is -5.07. The molecule has 18 heavy (non-hydrogen) atoms. The quantitative estimate of drug-likeness (QED) is 0.373. The van der Waals surface area contributed by atoms with Crippen molar-refractivity contribution in [1.29, 1.82) is 0 Å². The first-order valence-corrected chi connectivity index (χ1v) is 6.10. The Labute approximate surface area is 145 Å². The minimum atomic E-state index is 0. The van der Waals surface area contributed by atoms with Gasteiger partial charge in [-0.1, -0.05) is 47.8 Å². The molecule has 0 aliphatic carbocycles. The fourth-order valence-corrected chi connectivity index (χ4v) is 3.71. The van der Waals surface area contributed by atoms with Crippen LogP contribution in [0, 0.1) is 0 Å². The third-order valence-corrected chi connectivity index (χ3v) is 4.70. The van der Waals surface area contributed by atoms with Crippen LogP contribution in [0.25, 0.3) is 0 Å². The van der Waals surface area contributed by atoms with Gasteiger partial charge in [-0.3, -0.25) is 0 Å². The third kappa shape index (κ3) is 4.28. The molecule has 0 saturated carbocycles. The van der Waals surface area contributed by atoms with Gasteiger partial charge in [0, 0.05) is 19.6 Å². The van der Waals surface area contributed by atoms with Crippen LogP contribution in [0.4, 0.5) is 0 Å². The zero-order valence-corrected chi connectivity index (χ0v) is 14.2. The number of hydrogen-bond acceptors (Lipinski definition) is 2. The van der Waals surface area contributed by atoms with E-state index >= 15 is 0 Å². The Morgan fingerprint density at radius 2 is 0.722 bits per heavy atom. The van der Waals surface area contributed by atoms with Gasteiger partial charge in [-0.2, -0.15) is 0 Å². The molecule has 1 aliphatic rings. The summed E-state index contributed by atoms with van der Waals surface area (Å²) >= 11 is 3.72. The van der Waals surface area contributed by atoms with Gasteiger partial charge in [0.1, 0.15) is 0 Å². The molecule has 1 aliphatic heterocycles. The van der Waals surface area contributed by atoms with E-state index in [1.54, 1.807) is 0 Å². The van der Waals surface area contributed by atoms with Crippen molar-refractivity contribution in [2.24, 2.45) is 0 Å². The van der Waals surface area contributed by atoms with Crippen LogP contribution in [-0.4, -0.2) is 17.4 Å². The van der Waals surface area contributed by atoms with E-state index in [1.165, 1.54) is 19.6 Å². The van der Waals surface area contributed by atoms with E-state index in [0.29, 0.717) is 0 Å². The number of fused-ring (bicyclic) bond motifs is 2. The maximum atomic E-state index is 2.18. The molecule has 0 nitrogen and oxygen atoms in total. The summed E-state index contributed by atoms with van der Waals surface area (Å²) in [7, 11) is 0. The van der Waals surface area contributed by atoms with Gasteiger partial charge in [-0.25, -0.2) is 0 Å². The molecule has 0 N–H and O–H groups in total. The summed E-state index contributed by atoms with van der Waals surface area (Å²) in [5.74, 6) is 0. The van der Waals surface area contributed by atoms with Crippen molar-refractivity contribution in [3.8, 4) is 0 Å². The van der Waals surface area contributed by atoms with E-state index in [2.05, 4.69) is 48.5 Å². The normalized spacial score (nSPS) is 10.2. The van der Waals surface area contributed by atoms with Crippen molar-refractivity contribution in [3.05, 3.63) is 48.5 Å². The van der Waals surface area contributed by atoms with Crippen LogP contribution in [0.5, 0.6) is 0 Å². The molecule has 6 heteroatoms.